The average Bonchev–Trinajstić information content (AvgIpc) is 2.26. The molecule has 4 nitrogen and oxygen atoms in total. The van der Waals surface area contributed by atoms with Crippen molar-refractivity contribution in [2.45, 2.75) is 24.8 Å². The highest BCUT2D eigenvalue weighted by molar-refractivity contribution is 7.89. The molecule has 1 atom stereocenters. The van der Waals surface area contributed by atoms with Gasteiger partial charge in [0.15, 0.2) is 0 Å². The van der Waals surface area contributed by atoms with E-state index in [1.165, 1.54) is 11.4 Å². The van der Waals surface area contributed by atoms with E-state index in [9.17, 15) is 8.42 Å². The summed E-state index contributed by atoms with van der Waals surface area (Å²) in [7, 11) is -2.07. The van der Waals surface area contributed by atoms with Crippen LogP contribution in [0.1, 0.15) is 12.5 Å². The van der Waals surface area contributed by atoms with Crippen LogP contribution in [0.3, 0.4) is 0 Å². The normalized spacial score (nSPS) is 13.6. The minimum Gasteiger partial charge on any atom is -0.392 e. The minimum absolute atomic E-state index is 0.156. The zero-order valence-electron chi connectivity index (χ0n) is 10.0. The van der Waals surface area contributed by atoms with Crippen molar-refractivity contribution in [3.63, 3.8) is 0 Å². The van der Waals surface area contributed by atoms with Crippen LogP contribution in [0.2, 0.25) is 0 Å². The Morgan fingerprint density at radius 1 is 1.47 bits per heavy atom. The van der Waals surface area contributed by atoms with Crippen LogP contribution in [0.15, 0.2) is 29.2 Å². The summed E-state index contributed by atoms with van der Waals surface area (Å²) in [4.78, 5) is 0.409. The second kappa shape index (κ2) is 5.12. The van der Waals surface area contributed by atoms with Gasteiger partial charge < -0.3 is 5.73 Å². The standard InChI is InChI=1S/C11H16N2O2S2/c1-8-5-4-6-10(7-8)17(14,15)13(3)9(2)11(12)16/h4-7,9H,1-3H3,(H2,12,16). The zero-order chi connectivity index (χ0) is 13.2. The molecule has 94 valence electrons. The van der Waals surface area contributed by atoms with Gasteiger partial charge in [0, 0.05) is 7.05 Å². The lowest BCUT2D eigenvalue weighted by molar-refractivity contribution is 0.451. The fraction of sp³-hybridized carbons (Fsp3) is 0.364. The monoisotopic (exact) mass is 272 g/mol. The van der Waals surface area contributed by atoms with E-state index < -0.39 is 16.1 Å². The van der Waals surface area contributed by atoms with Gasteiger partial charge in [-0.15, -0.1) is 0 Å². The summed E-state index contributed by atoms with van der Waals surface area (Å²) in [5.41, 5.74) is 6.36. The van der Waals surface area contributed by atoms with E-state index >= 15 is 0 Å². The number of rotatable bonds is 4. The Labute approximate surface area is 107 Å². The third kappa shape index (κ3) is 3.02. The van der Waals surface area contributed by atoms with Crippen LogP contribution >= 0.6 is 12.2 Å². The third-order valence-corrected chi connectivity index (χ3v) is 4.89. The molecule has 1 aromatic carbocycles. The summed E-state index contributed by atoms with van der Waals surface area (Å²) in [6, 6.07) is 6.23. The molecule has 1 unspecified atom stereocenters. The van der Waals surface area contributed by atoms with Gasteiger partial charge in [-0.25, -0.2) is 8.42 Å². The summed E-state index contributed by atoms with van der Waals surface area (Å²) in [6.07, 6.45) is 0. The highest BCUT2D eigenvalue weighted by Crippen LogP contribution is 2.17. The predicted molar refractivity (Wildman–Crippen MR) is 72.4 cm³/mol. The number of hydrogen-bond acceptors (Lipinski definition) is 3. The van der Waals surface area contributed by atoms with Crippen molar-refractivity contribution in [3.8, 4) is 0 Å². The molecule has 0 aliphatic rings. The topological polar surface area (TPSA) is 63.4 Å². The van der Waals surface area contributed by atoms with Gasteiger partial charge in [-0.1, -0.05) is 24.4 Å². The van der Waals surface area contributed by atoms with E-state index in [0.717, 1.165) is 5.56 Å². The summed E-state index contributed by atoms with van der Waals surface area (Å²) in [6.45, 7) is 3.51. The molecular weight excluding hydrogens is 256 g/mol. The van der Waals surface area contributed by atoms with Crippen molar-refractivity contribution < 1.29 is 8.42 Å². The highest BCUT2D eigenvalue weighted by Gasteiger charge is 2.26. The summed E-state index contributed by atoms with van der Waals surface area (Å²) < 4.78 is 25.7. The first-order valence-corrected chi connectivity index (χ1v) is 6.95. The maximum absolute atomic E-state index is 12.2. The van der Waals surface area contributed by atoms with Gasteiger partial charge in [0.25, 0.3) is 0 Å². The molecule has 0 amide bonds. The Morgan fingerprint density at radius 2 is 2.06 bits per heavy atom. The molecule has 0 saturated carbocycles. The molecular formula is C11H16N2O2S2. The first-order valence-electron chi connectivity index (χ1n) is 5.11. The fourth-order valence-corrected chi connectivity index (χ4v) is 3.00. The Balaban J connectivity index is 3.16. The maximum Gasteiger partial charge on any atom is 0.243 e. The molecule has 0 spiro atoms. The van der Waals surface area contributed by atoms with Gasteiger partial charge in [-0.3, -0.25) is 0 Å². The molecule has 2 N–H and O–H groups in total. The van der Waals surface area contributed by atoms with E-state index in [2.05, 4.69) is 0 Å². The van der Waals surface area contributed by atoms with Crippen molar-refractivity contribution in [2.24, 2.45) is 5.73 Å². The lowest BCUT2D eigenvalue weighted by Crippen LogP contribution is -2.42. The third-order valence-electron chi connectivity index (χ3n) is 2.62. The van der Waals surface area contributed by atoms with E-state index in [1.807, 2.05) is 13.0 Å². The largest absolute Gasteiger partial charge is 0.392 e. The molecule has 17 heavy (non-hydrogen) atoms. The van der Waals surface area contributed by atoms with Gasteiger partial charge in [-0.2, -0.15) is 4.31 Å². The molecule has 0 aromatic heterocycles. The predicted octanol–water partition coefficient (Wildman–Crippen LogP) is 1.29. The first-order chi connectivity index (χ1) is 7.76. The Kier molecular flexibility index (Phi) is 4.24. The number of nitrogens with two attached hydrogens (primary N) is 1. The number of sulfonamides is 1. The van der Waals surface area contributed by atoms with Gasteiger partial charge in [-0.05, 0) is 31.5 Å². The van der Waals surface area contributed by atoms with Crippen molar-refractivity contribution >= 4 is 27.2 Å². The van der Waals surface area contributed by atoms with Crippen molar-refractivity contribution in [1.29, 1.82) is 0 Å². The molecule has 1 rings (SSSR count). The molecule has 0 saturated heterocycles. The van der Waals surface area contributed by atoms with Crippen LogP contribution < -0.4 is 5.73 Å². The first kappa shape index (κ1) is 14.1. The second-order valence-corrected chi connectivity index (χ2v) is 6.39. The maximum atomic E-state index is 12.2. The quantitative estimate of drug-likeness (QED) is 0.839. The Bertz CT molecular complexity index is 526. The molecule has 0 aliphatic carbocycles. The van der Waals surface area contributed by atoms with E-state index in [-0.39, 0.29) is 9.88 Å². The number of benzene rings is 1. The molecule has 6 heteroatoms. The van der Waals surface area contributed by atoms with Crippen LogP contribution in [-0.2, 0) is 10.0 Å². The van der Waals surface area contributed by atoms with Crippen LogP contribution in [0.4, 0.5) is 0 Å². The SMILES string of the molecule is Cc1cccc(S(=O)(=O)N(C)C(C)C(N)=S)c1. The number of hydrogen-bond donors (Lipinski definition) is 1. The lowest BCUT2D eigenvalue weighted by atomic mass is 10.2. The minimum atomic E-state index is -3.54. The lowest BCUT2D eigenvalue weighted by Gasteiger charge is -2.23. The number of nitrogens with zero attached hydrogens (tertiary/aromatic N) is 1. The molecule has 0 fully saturated rings. The molecule has 0 radical (unpaired) electrons. The van der Waals surface area contributed by atoms with Crippen LogP contribution in [0.5, 0.6) is 0 Å². The summed E-state index contributed by atoms with van der Waals surface area (Å²) in [5, 5.41) is 0. The van der Waals surface area contributed by atoms with Crippen LogP contribution in [0.25, 0.3) is 0 Å². The molecule has 0 heterocycles. The second-order valence-electron chi connectivity index (χ2n) is 3.92. The number of thiocarbonyl (C=S) groups is 1. The van der Waals surface area contributed by atoms with Crippen molar-refractivity contribution in [3.05, 3.63) is 29.8 Å². The zero-order valence-corrected chi connectivity index (χ0v) is 11.7. The number of likely N-dealkylation sites (N-methyl/N-ethyl adjacent to an activating group) is 1. The highest BCUT2D eigenvalue weighted by atomic mass is 32.2. The smallest absolute Gasteiger partial charge is 0.243 e. The Morgan fingerprint density at radius 3 is 2.53 bits per heavy atom. The van der Waals surface area contributed by atoms with E-state index in [1.54, 1.807) is 25.1 Å². The summed E-state index contributed by atoms with van der Waals surface area (Å²) >= 11 is 4.81. The van der Waals surface area contributed by atoms with E-state index in [4.69, 9.17) is 18.0 Å². The molecule has 0 aliphatic heterocycles. The van der Waals surface area contributed by atoms with Gasteiger partial charge in [0.05, 0.1) is 15.9 Å². The van der Waals surface area contributed by atoms with Crippen LogP contribution in [-0.4, -0.2) is 30.8 Å². The van der Waals surface area contributed by atoms with Crippen molar-refractivity contribution in [2.75, 3.05) is 7.05 Å². The van der Waals surface area contributed by atoms with Gasteiger partial charge >= 0.3 is 0 Å². The van der Waals surface area contributed by atoms with Crippen LogP contribution in [0, 0.1) is 6.92 Å². The van der Waals surface area contributed by atoms with Gasteiger partial charge in [0.1, 0.15) is 0 Å². The average molecular weight is 272 g/mol. The molecule has 1 aromatic rings. The van der Waals surface area contributed by atoms with Gasteiger partial charge in [0.2, 0.25) is 10.0 Å². The van der Waals surface area contributed by atoms with E-state index in [0.29, 0.717) is 0 Å². The summed E-state index contributed by atoms with van der Waals surface area (Å²) in [5.74, 6) is 0. The van der Waals surface area contributed by atoms with Crippen molar-refractivity contribution in [1.82, 2.24) is 4.31 Å². The number of aryl methyl sites for hydroxylation is 1. The fourth-order valence-electron chi connectivity index (χ4n) is 1.33. The molecule has 0 bridgehead atoms. The Hall–Kier alpha value is -0.980.